The van der Waals surface area contributed by atoms with Gasteiger partial charge in [0.2, 0.25) is 0 Å². The Kier molecular flexibility index (Phi) is 4.58. The molecule has 0 bridgehead atoms. The minimum atomic E-state index is -4.03. The number of benzene rings is 3. The highest BCUT2D eigenvalue weighted by Gasteiger charge is 2.23. The number of furan rings is 1. The predicted octanol–water partition coefficient (Wildman–Crippen LogP) is 5.38. The highest BCUT2D eigenvalue weighted by molar-refractivity contribution is 7.92. The molecule has 0 aliphatic carbocycles. The van der Waals surface area contributed by atoms with Crippen molar-refractivity contribution < 1.29 is 22.7 Å². The Hall–Kier alpha value is -3.32. The first kappa shape index (κ1) is 20.0. The molecule has 0 aliphatic rings. The molecule has 7 heteroatoms. The maximum Gasteiger partial charge on any atom is 0.337 e. The topological polar surface area (TPSA) is 96.6 Å². The number of fused-ring (bicyclic) bond motifs is 3. The Bertz CT molecular complexity index is 1390. The van der Waals surface area contributed by atoms with E-state index in [-0.39, 0.29) is 21.6 Å². The smallest absolute Gasteiger partial charge is 0.337 e. The number of rotatable bonds is 4. The second-order valence-corrected chi connectivity index (χ2v) is 9.86. The van der Waals surface area contributed by atoms with Gasteiger partial charge >= 0.3 is 5.97 Å². The first-order valence-electron chi connectivity index (χ1n) is 9.38. The van der Waals surface area contributed by atoms with Crippen LogP contribution in [0.3, 0.4) is 0 Å². The Morgan fingerprint density at radius 3 is 2.33 bits per heavy atom. The van der Waals surface area contributed by atoms with Crippen LogP contribution in [0.15, 0.2) is 70.0 Å². The molecular weight excluding hydrogens is 402 g/mol. The lowest BCUT2D eigenvalue weighted by atomic mass is 9.86. The van der Waals surface area contributed by atoms with Crippen molar-refractivity contribution >= 4 is 43.6 Å². The summed E-state index contributed by atoms with van der Waals surface area (Å²) >= 11 is 0. The molecule has 0 amide bonds. The van der Waals surface area contributed by atoms with Crippen molar-refractivity contribution in [2.45, 2.75) is 31.1 Å². The van der Waals surface area contributed by atoms with Gasteiger partial charge in [-0.2, -0.15) is 0 Å². The molecule has 0 saturated carbocycles. The summed E-state index contributed by atoms with van der Waals surface area (Å²) in [5.41, 5.74) is 1.57. The molecule has 6 nitrogen and oxygen atoms in total. The lowest BCUT2D eigenvalue weighted by molar-refractivity contribution is 0.0698. The molecule has 0 spiro atoms. The van der Waals surface area contributed by atoms with E-state index in [1.165, 1.54) is 18.2 Å². The highest BCUT2D eigenvalue weighted by Crippen LogP contribution is 2.32. The van der Waals surface area contributed by atoms with Crippen LogP contribution in [0.5, 0.6) is 0 Å². The summed E-state index contributed by atoms with van der Waals surface area (Å²) < 4.78 is 34.3. The van der Waals surface area contributed by atoms with Crippen LogP contribution < -0.4 is 4.72 Å². The minimum Gasteiger partial charge on any atom is -0.478 e. The number of carboxylic acid groups (broad SMARTS) is 1. The van der Waals surface area contributed by atoms with E-state index >= 15 is 0 Å². The molecule has 30 heavy (non-hydrogen) atoms. The monoisotopic (exact) mass is 423 g/mol. The Morgan fingerprint density at radius 2 is 1.63 bits per heavy atom. The summed E-state index contributed by atoms with van der Waals surface area (Å²) in [5, 5.41) is 11.2. The fraction of sp³-hybridized carbons (Fsp3) is 0.174. The zero-order valence-corrected chi connectivity index (χ0v) is 17.6. The number of hydrogen-bond acceptors (Lipinski definition) is 4. The average Bonchev–Trinajstić information content (AvgIpc) is 3.04. The van der Waals surface area contributed by atoms with Crippen LogP contribution in [0.1, 0.15) is 36.7 Å². The average molecular weight is 423 g/mol. The summed E-state index contributed by atoms with van der Waals surface area (Å²) in [6.07, 6.45) is 0. The first-order valence-corrected chi connectivity index (χ1v) is 10.9. The molecule has 2 N–H and O–H groups in total. The standard InChI is InChI=1S/C23H21NO5S/c1-23(2,3)14-8-10-18(22(25)26)19(12-14)24-30(27,28)15-9-11-17-16-6-4-5-7-20(16)29-21(17)13-15/h4-13,24H,1-3H3,(H,25,26). The summed E-state index contributed by atoms with van der Waals surface area (Å²) in [6.45, 7) is 5.91. The number of nitrogens with one attached hydrogen (secondary N) is 1. The summed E-state index contributed by atoms with van der Waals surface area (Å²) in [5.74, 6) is -1.21. The van der Waals surface area contributed by atoms with E-state index in [4.69, 9.17) is 4.42 Å². The minimum absolute atomic E-state index is 0.00782. The van der Waals surface area contributed by atoms with Gasteiger partial charge < -0.3 is 9.52 Å². The van der Waals surface area contributed by atoms with E-state index in [2.05, 4.69) is 4.72 Å². The number of carboxylic acids is 1. The fourth-order valence-electron chi connectivity index (χ4n) is 3.36. The van der Waals surface area contributed by atoms with Gasteiger partial charge in [0, 0.05) is 16.8 Å². The number of para-hydroxylation sites is 1. The number of anilines is 1. The zero-order valence-electron chi connectivity index (χ0n) is 16.8. The Balaban J connectivity index is 1.79. The third-order valence-corrected chi connectivity index (χ3v) is 6.38. The van der Waals surface area contributed by atoms with Gasteiger partial charge in [-0.1, -0.05) is 45.0 Å². The lowest BCUT2D eigenvalue weighted by Crippen LogP contribution is -2.18. The van der Waals surface area contributed by atoms with Gasteiger partial charge in [-0.3, -0.25) is 4.72 Å². The van der Waals surface area contributed by atoms with Crippen molar-refractivity contribution in [1.82, 2.24) is 0 Å². The van der Waals surface area contributed by atoms with E-state index in [0.717, 1.165) is 16.3 Å². The van der Waals surface area contributed by atoms with Crippen LogP contribution in [0, 0.1) is 0 Å². The quantitative estimate of drug-likeness (QED) is 0.459. The van der Waals surface area contributed by atoms with Crippen molar-refractivity contribution in [3.8, 4) is 0 Å². The van der Waals surface area contributed by atoms with Crippen molar-refractivity contribution in [3.05, 3.63) is 71.8 Å². The zero-order chi connectivity index (χ0) is 21.7. The van der Waals surface area contributed by atoms with Crippen LogP contribution in [0.25, 0.3) is 21.9 Å². The SMILES string of the molecule is CC(C)(C)c1ccc(C(=O)O)c(NS(=O)(=O)c2ccc3c(c2)oc2ccccc23)c1. The van der Waals surface area contributed by atoms with Gasteiger partial charge in [0.25, 0.3) is 10.0 Å². The van der Waals surface area contributed by atoms with Crippen LogP contribution in [0.4, 0.5) is 5.69 Å². The van der Waals surface area contributed by atoms with Crippen LogP contribution in [0.2, 0.25) is 0 Å². The second kappa shape index (κ2) is 6.88. The van der Waals surface area contributed by atoms with E-state index in [9.17, 15) is 18.3 Å². The van der Waals surface area contributed by atoms with Gasteiger partial charge in [-0.05, 0) is 41.3 Å². The fourth-order valence-corrected chi connectivity index (χ4v) is 4.44. The molecule has 0 unspecified atom stereocenters. The third kappa shape index (κ3) is 3.52. The molecule has 0 radical (unpaired) electrons. The third-order valence-electron chi connectivity index (χ3n) is 5.02. The molecule has 4 rings (SSSR count). The predicted molar refractivity (Wildman–Crippen MR) is 117 cm³/mol. The number of carbonyl (C=O) groups is 1. The van der Waals surface area contributed by atoms with Gasteiger partial charge in [-0.25, -0.2) is 13.2 Å². The van der Waals surface area contributed by atoms with E-state index in [0.29, 0.717) is 11.2 Å². The lowest BCUT2D eigenvalue weighted by Gasteiger charge is -2.21. The van der Waals surface area contributed by atoms with Crippen molar-refractivity contribution in [3.63, 3.8) is 0 Å². The normalized spacial score (nSPS) is 12.4. The van der Waals surface area contributed by atoms with Crippen LogP contribution in [-0.4, -0.2) is 19.5 Å². The maximum atomic E-state index is 13.1. The van der Waals surface area contributed by atoms with Crippen molar-refractivity contribution in [2.75, 3.05) is 4.72 Å². The highest BCUT2D eigenvalue weighted by atomic mass is 32.2. The second-order valence-electron chi connectivity index (χ2n) is 8.18. The molecule has 0 fully saturated rings. The maximum absolute atomic E-state index is 13.1. The van der Waals surface area contributed by atoms with Crippen LogP contribution >= 0.6 is 0 Å². The van der Waals surface area contributed by atoms with E-state index in [1.54, 1.807) is 18.2 Å². The molecule has 0 atom stereocenters. The number of sulfonamides is 1. The molecule has 3 aromatic carbocycles. The summed E-state index contributed by atoms with van der Waals surface area (Å²) in [7, 11) is -4.03. The molecular formula is C23H21NO5S. The number of hydrogen-bond donors (Lipinski definition) is 2. The largest absolute Gasteiger partial charge is 0.478 e. The van der Waals surface area contributed by atoms with Gasteiger partial charge in [0.15, 0.2) is 0 Å². The summed E-state index contributed by atoms with van der Waals surface area (Å²) in [4.78, 5) is 11.6. The Morgan fingerprint density at radius 1 is 0.933 bits per heavy atom. The molecule has 1 heterocycles. The first-order chi connectivity index (χ1) is 14.1. The molecule has 154 valence electrons. The number of aromatic carboxylic acids is 1. The van der Waals surface area contributed by atoms with E-state index < -0.39 is 16.0 Å². The summed E-state index contributed by atoms with van der Waals surface area (Å²) in [6, 6.07) is 16.8. The Labute approximate surface area is 174 Å². The van der Waals surface area contributed by atoms with Gasteiger partial charge in [0.05, 0.1) is 16.1 Å². The molecule has 4 aromatic rings. The van der Waals surface area contributed by atoms with Crippen LogP contribution in [-0.2, 0) is 15.4 Å². The molecule has 0 aliphatic heterocycles. The van der Waals surface area contributed by atoms with Crippen molar-refractivity contribution in [1.29, 1.82) is 0 Å². The van der Waals surface area contributed by atoms with E-state index in [1.807, 2.05) is 45.0 Å². The molecule has 1 aromatic heterocycles. The van der Waals surface area contributed by atoms with Gasteiger partial charge in [0.1, 0.15) is 11.2 Å². The molecule has 0 saturated heterocycles. The van der Waals surface area contributed by atoms with Gasteiger partial charge in [-0.15, -0.1) is 0 Å². The van der Waals surface area contributed by atoms with Crippen molar-refractivity contribution in [2.24, 2.45) is 0 Å².